The van der Waals surface area contributed by atoms with Crippen molar-refractivity contribution in [3.8, 4) is 11.4 Å². The normalized spacial score (nSPS) is 11.3. The maximum Gasteiger partial charge on any atom is 0.248 e. The number of aromatic nitrogens is 2. The van der Waals surface area contributed by atoms with Gasteiger partial charge in [0.15, 0.2) is 0 Å². The van der Waals surface area contributed by atoms with Gasteiger partial charge in [-0.05, 0) is 79.9 Å². The Morgan fingerprint density at radius 1 is 0.931 bits per heavy atom. The van der Waals surface area contributed by atoms with Gasteiger partial charge in [0.05, 0.1) is 11.0 Å². The zero-order valence-electron chi connectivity index (χ0n) is 16.8. The number of aryl methyl sites for hydroxylation is 3. The first-order valence-electron chi connectivity index (χ1n) is 9.61. The van der Waals surface area contributed by atoms with Crippen molar-refractivity contribution in [3.05, 3.63) is 89.0 Å². The topological polar surface area (TPSA) is 57.8 Å². The number of hydrogen-bond donors (Lipinski definition) is 2. The van der Waals surface area contributed by atoms with Crippen molar-refractivity contribution < 1.29 is 4.79 Å². The highest BCUT2D eigenvalue weighted by molar-refractivity contribution is 6.02. The first-order valence-corrected chi connectivity index (χ1v) is 9.61. The molecule has 4 nitrogen and oxygen atoms in total. The number of fused-ring (bicyclic) bond motifs is 1. The van der Waals surface area contributed by atoms with Crippen LogP contribution in [0, 0.1) is 20.8 Å². The summed E-state index contributed by atoms with van der Waals surface area (Å²) >= 11 is 0. The second-order valence-corrected chi connectivity index (χ2v) is 7.35. The van der Waals surface area contributed by atoms with E-state index in [9.17, 15) is 4.79 Å². The zero-order chi connectivity index (χ0) is 20.4. The molecule has 0 spiro atoms. The maximum absolute atomic E-state index is 12.2. The minimum Gasteiger partial charge on any atom is -0.338 e. The average Bonchev–Trinajstić information content (AvgIpc) is 3.11. The largest absolute Gasteiger partial charge is 0.338 e. The quantitative estimate of drug-likeness (QED) is 0.439. The highest BCUT2D eigenvalue weighted by Gasteiger charge is 2.07. The van der Waals surface area contributed by atoms with Crippen molar-refractivity contribution in [1.82, 2.24) is 9.97 Å². The Morgan fingerprint density at radius 3 is 2.34 bits per heavy atom. The van der Waals surface area contributed by atoms with Gasteiger partial charge in [-0.2, -0.15) is 0 Å². The standard InChI is InChI=1S/C25H23N3O/c1-16-4-6-19(7-5-16)8-13-24(29)26-21-11-9-20(10-12-21)25-27-22-14-17(2)18(3)15-23(22)28-25/h4-15H,1-3H3,(H,26,29)(H,27,28)/b13-8+. The lowest BCUT2D eigenvalue weighted by Crippen LogP contribution is -2.07. The van der Waals surface area contributed by atoms with Crippen LogP contribution in [0.1, 0.15) is 22.3 Å². The van der Waals surface area contributed by atoms with Crippen LogP contribution in [0.5, 0.6) is 0 Å². The third kappa shape index (κ3) is 4.27. The van der Waals surface area contributed by atoms with Gasteiger partial charge in [-0.25, -0.2) is 4.98 Å². The molecule has 0 aliphatic heterocycles. The summed E-state index contributed by atoms with van der Waals surface area (Å²) in [5.41, 5.74) is 8.37. The molecule has 0 aliphatic carbocycles. The number of aromatic amines is 1. The van der Waals surface area contributed by atoms with Crippen molar-refractivity contribution in [2.75, 3.05) is 5.32 Å². The van der Waals surface area contributed by atoms with Gasteiger partial charge in [-0.15, -0.1) is 0 Å². The third-order valence-electron chi connectivity index (χ3n) is 5.03. The van der Waals surface area contributed by atoms with Crippen LogP contribution in [0.2, 0.25) is 0 Å². The fraction of sp³-hybridized carbons (Fsp3) is 0.120. The minimum absolute atomic E-state index is 0.159. The van der Waals surface area contributed by atoms with E-state index in [0.717, 1.165) is 33.7 Å². The molecule has 0 aliphatic rings. The van der Waals surface area contributed by atoms with Gasteiger partial charge < -0.3 is 10.3 Å². The van der Waals surface area contributed by atoms with E-state index in [1.54, 1.807) is 6.08 Å². The number of anilines is 1. The maximum atomic E-state index is 12.2. The van der Waals surface area contributed by atoms with Crippen molar-refractivity contribution >= 4 is 28.7 Å². The van der Waals surface area contributed by atoms with Gasteiger partial charge in [0.1, 0.15) is 5.82 Å². The van der Waals surface area contributed by atoms with Gasteiger partial charge in [0.25, 0.3) is 0 Å². The number of hydrogen-bond acceptors (Lipinski definition) is 2. The molecule has 3 aromatic carbocycles. The molecule has 144 valence electrons. The van der Waals surface area contributed by atoms with E-state index in [1.165, 1.54) is 16.7 Å². The van der Waals surface area contributed by atoms with E-state index >= 15 is 0 Å². The van der Waals surface area contributed by atoms with Gasteiger partial charge >= 0.3 is 0 Å². The molecule has 0 fully saturated rings. The molecule has 1 aromatic heterocycles. The van der Waals surface area contributed by atoms with Crippen LogP contribution in [-0.4, -0.2) is 15.9 Å². The Bertz CT molecular complexity index is 1160. The van der Waals surface area contributed by atoms with Crippen molar-refractivity contribution in [3.63, 3.8) is 0 Å². The van der Waals surface area contributed by atoms with Crippen LogP contribution < -0.4 is 5.32 Å². The molecule has 1 amide bonds. The fourth-order valence-electron chi connectivity index (χ4n) is 3.15. The number of imidazole rings is 1. The number of benzene rings is 3. The molecule has 0 atom stereocenters. The van der Waals surface area contributed by atoms with Crippen molar-refractivity contribution in [2.45, 2.75) is 20.8 Å². The van der Waals surface area contributed by atoms with E-state index in [0.29, 0.717) is 0 Å². The lowest BCUT2D eigenvalue weighted by Gasteiger charge is -2.03. The molecule has 0 radical (unpaired) electrons. The molecule has 0 saturated heterocycles. The lowest BCUT2D eigenvalue weighted by molar-refractivity contribution is -0.111. The molecule has 29 heavy (non-hydrogen) atoms. The molecule has 0 bridgehead atoms. The van der Waals surface area contributed by atoms with Gasteiger partial charge in [0, 0.05) is 17.3 Å². The Morgan fingerprint density at radius 2 is 1.62 bits per heavy atom. The van der Waals surface area contributed by atoms with Crippen molar-refractivity contribution in [1.29, 1.82) is 0 Å². The number of nitrogens with zero attached hydrogens (tertiary/aromatic N) is 1. The molecular weight excluding hydrogens is 358 g/mol. The highest BCUT2D eigenvalue weighted by atomic mass is 16.1. The van der Waals surface area contributed by atoms with Gasteiger partial charge in [0.2, 0.25) is 5.91 Å². The van der Waals surface area contributed by atoms with Crippen LogP contribution in [-0.2, 0) is 4.79 Å². The van der Waals surface area contributed by atoms with Crippen LogP contribution in [0.15, 0.2) is 66.7 Å². The Balaban J connectivity index is 1.46. The number of carbonyl (C=O) groups is 1. The summed E-state index contributed by atoms with van der Waals surface area (Å²) < 4.78 is 0. The molecular formula is C25H23N3O. The van der Waals surface area contributed by atoms with Gasteiger partial charge in [-0.1, -0.05) is 29.8 Å². The van der Waals surface area contributed by atoms with E-state index in [1.807, 2.05) is 61.5 Å². The molecule has 2 N–H and O–H groups in total. The number of nitrogens with one attached hydrogen (secondary N) is 2. The van der Waals surface area contributed by atoms with Crippen LogP contribution in [0.4, 0.5) is 5.69 Å². The second kappa shape index (κ2) is 7.76. The van der Waals surface area contributed by atoms with E-state index in [2.05, 4.69) is 36.3 Å². The van der Waals surface area contributed by atoms with Gasteiger partial charge in [-0.3, -0.25) is 4.79 Å². The molecule has 0 unspecified atom stereocenters. The highest BCUT2D eigenvalue weighted by Crippen LogP contribution is 2.24. The van der Waals surface area contributed by atoms with Crippen LogP contribution in [0.3, 0.4) is 0 Å². The summed E-state index contributed by atoms with van der Waals surface area (Å²) in [5.74, 6) is 0.662. The van der Waals surface area contributed by atoms with Crippen LogP contribution in [0.25, 0.3) is 28.5 Å². The molecule has 4 aromatic rings. The van der Waals surface area contributed by atoms with E-state index < -0.39 is 0 Å². The number of rotatable bonds is 4. The molecule has 1 heterocycles. The summed E-state index contributed by atoms with van der Waals surface area (Å²) in [6.07, 6.45) is 3.35. The molecule has 0 saturated carbocycles. The lowest BCUT2D eigenvalue weighted by atomic mass is 10.1. The fourth-order valence-corrected chi connectivity index (χ4v) is 3.15. The SMILES string of the molecule is Cc1ccc(/C=C/C(=O)Nc2ccc(-c3nc4cc(C)c(C)cc4[nH]3)cc2)cc1. The summed E-state index contributed by atoms with van der Waals surface area (Å²) in [6, 6.07) is 19.9. The number of H-pyrrole nitrogens is 1. The Hall–Kier alpha value is -3.66. The molecule has 4 heteroatoms. The first kappa shape index (κ1) is 18.7. The Kier molecular flexibility index (Phi) is 5.00. The predicted octanol–water partition coefficient (Wildman–Crippen LogP) is 5.81. The summed E-state index contributed by atoms with van der Waals surface area (Å²) in [4.78, 5) is 20.2. The van der Waals surface area contributed by atoms with Crippen LogP contribution >= 0.6 is 0 Å². The first-order chi connectivity index (χ1) is 14.0. The third-order valence-corrected chi connectivity index (χ3v) is 5.03. The summed E-state index contributed by atoms with van der Waals surface area (Å²) in [5, 5.41) is 2.89. The van der Waals surface area contributed by atoms with E-state index in [-0.39, 0.29) is 5.91 Å². The zero-order valence-corrected chi connectivity index (χ0v) is 16.8. The second-order valence-electron chi connectivity index (χ2n) is 7.35. The van der Waals surface area contributed by atoms with Crippen molar-refractivity contribution in [2.24, 2.45) is 0 Å². The summed E-state index contributed by atoms with van der Waals surface area (Å²) in [7, 11) is 0. The minimum atomic E-state index is -0.159. The molecule has 4 rings (SSSR count). The summed E-state index contributed by atoms with van der Waals surface area (Å²) in [6.45, 7) is 6.23. The monoisotopic (exact) mass is 381 g/mol. The number of amides is 1. The van der Waals surface area contributed by atoms with E-state index in [4.69, 9.17) is 4.98 Å². The average molecular weight is 381 g/mol. The smallest absolute Gasteiger partial charge is 0.248 e. The Labute approximate surface area is 170 Å². The predicted molar refractivity (Wildman–Crippen MR) is 120 cm³/mol. The number of carbonyl (C=O) groups excluding carboxylic acids is 1.